The highest BCUT2D eigenvalue weighted by molar-refractivity contribution is 7.07. The number of rotatable bonds is 4. The maximum absolute atomic E-state index is 12.2. The van der Waals surface area contributed by atoms with Crippen LogP contribution in [0.15, 0.2) is 62.4 Å². The molecule has 0 saturated carbocycles. The average molecular weight is 432 g/mol. The molecule has 0 aliphatic heterocycles. The second kappa shape index (κ2) is 7.67. The van der Waals surface area contributed by atoms with Crippen molar-refractivity contribution in [3.63, 3.8) is 0 Å². The highest BCUT2D eigenvalue weighted by Crippen LogP contribution is 2.31. The summed E-state index contributed by atoms with van der Waals surface area (Å²) in [7, 11) is 0. The van der Waals surface area contributed by atoms with Crippen LogP contribution >= 0.6 is 34.5 Å². The lowest BCUT2D eigenvalue weighted by atomic mass is 10.2. The van der Waals surface area contributed by atoms with E-state index in [0.717, 1.165) is 11.3 Å². The van der Waals surface area contributed by atoms with Crippen LogP contribution in [0.5, 0.6) is 0 Å². The van der Waals surface area contributed by atoms with Crippen LogP contribution in [0.25, 0.3) is 23.5 Å². The largest absolute Gasteiger partial charge is 0.461 e. The molecule has 28 heavy (non-hydrogen) atoms. The van der Waals surface area contributed by atoms with Crippen molar-refractivity contribution in [2.45, 2.75) is 0 Å². The third kappa shape index (κ3) is 3.89. The lowest BCUT2D eigenvalue weighted by Gasteiger charge is -2.00. The van der Waals surface area contributed by atoms with Gasteiger partial charge in [-0.1, -0.05) is 23.2 Å². The van der Waals surface area contributed by atoms with Gasteiger partial charge in [-0.3, -0.25) is 9.59 Å². The fraction of sp³-hybridized carbons (Fsp3) is 0. The fourth-order valence-electron chi connectivity index (χ4n) is 2.52. The molecule has 0 saturated heterocycles. The van der Waals surface area contributed by atoms with Crippen molar-refractivity contribution in [2.24, 2.45) is 0 Å². The van der Waals surface area contributed by atoms with E-state index in [1.807, 2.05) is 0 Å². The van der Waals surface area contributed by atoms with E-state index in [-0.39, 0.29) is 17.1 Å². The quantitative estimate of drug-likeness (QED) is 0.493. The summed E-state index contributed by atoms with van der Waals surface area (Å²) in [5.74, 6) is 0.882. The van der Waals surface area contributed by atoms with Gasteiger partial charge in [0.25, 0.3) is 5.56 Å². The predicted octanol–water partition coefficient (Wildman–Crippen LogP) is 4.09. The Morgan fingerprint density at radius 1 is 1.14 bits per heavy atom. The van der Waals surface area contributed by atoms with Crippen molar-refractivity contribution in [1.29, 1.82) is 0 Å². The maximum atomic E-state index is 12.2. The van der Waals surface area contributed by atoms with E-state index in [1.54, 1.807) is 48.5 Å². The first kappa shape index (κ1) is 18.6. The molecular weight excluding hydrogens is 421 g/mol. The zero-order chi connectivity index (χ0) is 19.7. The van der Waals surface area contributed by atoms with Crippen molar-refractivity contribution < 1.29 is 13.6 Å². The van der Waals surface area contributed by atoms with Crippen molar-refractivity contribution in [2.75, 3.05) is 0 Å². The number of carbonyl (C=O) groups excluding carboxylic acids is 1. The number of H-pyrrole nitrogens is 1. The summed E-state index contributed by atoms with van der Waals surface area (Å²) in [6.45, 7) is 0. The third-order valence-electron chi connectivity index (χ3n) is 3.80. The summed E-state index contributed by atoms with van der Waals surface area (Å²) in [5, 5.41) is 1.05. The molecule has 140 valence electrons. The van der Waals surface area contributed by atoms with Crippen LogP contribution in [-0.4, -0.2) is 10.8 Å². The summed E-state index contributed by atoms with van der Waals surface area (Å²) in [6.07, 6.45) is 4.33. The van der Waals surface area contributed by atoms with E-state index in [2.05, 4.69) is 4.98 Å². The summed E-state index contributed by atoms with van der Waals surface area (Å²) in [6, 6.07) is 11.7. The monoisotopic (exact) mass is 431 g/mol. The molecule has 0 aliphatic carbocycles. The summed E-state index contributed by atoms with van der Waals surface area (Å²) in [5.41, 5.74) is 0.342. The summed E-state index contributed by atoms with van der Waals surface area (Å²) < 4.78 is 11.6. The molecular formula is C20H11Cl2NO4S. The molecule has 0 spiro atoms. The minimum atomic E-state index is -0.329. The lowest BCUT2D eigenvalue weighted by molar-refractivity contribution is 0.103. The number of aromatic amines is 1. The number of carbonyl (C=O) groups is 1. The minimum Gasteiger partial charge on any atom is -0.461 e. The molecule has 4 aromatic rings. The van der Waals surface area contributed by atoms with Gasteiger partial charge in [0.05, 0.1) is 20.5 Å². The minimum absolute atomic E-state index is 0.203. The van der Waals surface area contributed by atoms with Gasteiger partial charge < -0.3 is 13.8 Å². The van der Waals surface area contributed by atoms with Crippen molar-refractivity contribution in [3.05, 3.63) is 89.8 Å². The van der Waals surface area contributed by atoms with Gasteiger partial charge in [-0.25, -0.2) is 0 Å². The second-order valence-corrected chi connectivity index (χ2v) is 7.67. The van der Waals surface area contributed by atoms with E-state index < -0.39 is 0 Å². The number of ketones is 1. The normalized spacial score (nSPS) is 12.6. The molecule has 3 heterocycles. The Hall–Kier alpha value is -2.80. The van der Waals surface area contributed by atoms with Crippen molar-refractivity contribution in [1.82, 2.24) is 4.98 Å². The van der Waals surface area contributed by atoms with Gasteiger partial charge in [-0.2, -0.15) is 0 Å². The van der Waals surface area contributed by atoms with Gasteiger partial charge in [0.2, 0.25) is 5.78 Å². The zero-order valence-electron chi connectivity index (χ0n) is 14.1. The number of halogens is 2. The standard InChI is InChI=1S/C20H11Cl2NO4S/c21-11-3-5-14(22)13(8-11)16-6-4-12(27-16)9-18-20(25)23-19(28-18)10-15(24)17-2-1-7-26-17/h1-10H,(H,23,25)/b18-9-,19-10-. The number of hydrogen-bond donors (Lipinski definition) is 1. The van der Waals surface area contributed by atoms with Crippen LogP contribution in [0.2, 0.25) is 10.0 Å². The summed E-state index contributed by atoms with van der Waals surface area (Å²) in [4.78, 5) is 26.9. The van der Waals surface area contributed by atoms with Gasteiger partial charge in [0, 0.05) is 22.7 Å². The molecule has 0 bridgehead atoms. The first-order valence-corrected chi connectivity index (χ1v) is 9.62. The van der Waals surface area contributed by atoms with E-state index in [4.69, 9.17) is 32.0 Å². The highest BCUT2D eigenvalue weighted by atomic mass is 35.5. The van der Waals surface area contributed by atoms with E-state index >= 15 is 0 Å². The van der Waals surface area contributed by atoms with Gasteiger partial charge in [-0.15, -0.1) is 11.3 Å². The van der Waals surface area contributed by atoms with Gasteiger partial charge in [0.15, 0.2) is 5.76 Å². The van der Waals surface area contributed by atoms with E-state index in [9.17, 15) is 9.59 Å². The van der Waals surface area contributed by atoms with Crippen LogP contribution < -0.4 is 14.8 Å². The topological polar surface area (TPSA) is 76.2 Å². The smallest absolute Gasteiger partial charge is 0.266 e. The average Bonchev–Trinajstić information content (AvgIpc) is 3.40. The number of nitrogens with one attached hydrogen (secondary N) is 1. The predicted molar refractivity (Wildman–Crippen MR) is 109 cm³/mol. The van der Waals surface area contributed by atoms with Gasteiger partial charge in [-0.05, 0) is 42.5 Å². The molecule has 4 rings (SSSR count). The second-order valence-electron chi connectivity index (χ2n) is 5.74. The summed E-state index contributed by atoms with van der Waals surface area (Å²) >= 11 is 13.4. The number of thiazole rings is 1. The lowest BCUT2D eigenvalue weighted by Crippen LogP contribution is -2.19. The molecule has 8 heteroatoms. The zero-order valence-corrected chi connectivity index (χ0v) is 16.4. The SMILES string of the molecule is O=C(/C=c1/[nH]c(=O)/c(=C/c2ccc(-c3cc(Cl)ccc3Cl)o2)s1)c1ccco1. The number of hydrogen-bond acceptors (Lipinski definition) is 5. The number of aromatic nitrogens is 1. The Labute approximate surface area is 172 Å². The highest BCUT2D eigenvalue weighted by Gasteiger charge is 2.09. The van der Waals surface area contributed by atoms with Gasteiger partial charge >= 0.3 is 0 Å². The number of Topliss-reactive ketones (excluding diaryl/α,β-unsaturated/α-hetero) is 1. The molecule has 1 N–H and O–H groups in total. The van der Waals surface area contributed by atoms with E-state index in [1.165, 1.54) is 12.3 Å². The number of furan rings is 2. The van der Waals surface area contributed by atoms with Gasteiger partial charge in [0.1, 0.15) is 11.5 Å². The molecule has 3 aromatic heterocycles. The number of benzene rings is 1. The molecule has 0 radical (unpaired) electrons. The molecule has 0 unspecified atom stereocenters. The first-order chi connectivity index (χ1) is 13.5. The molecule has 0 fully saturated rings. The molecule has 5 nitrogen and oxygen atoms in total. The van der Waals surface area contributed by atoms with Crippen LogP contribution in [0.1, 0.15) is 16.3 Å². The Bertz CT molecular complexity index is 1330. The van der Waals surface area contributed by atoms with Crippen LogP contribution in [-0.2, 0) is 0 Å². The first-order valence-electron chi connectivity index (χ1n) is 8.05. The van der Waals surface area contributed by atoms with Crippen LogP contribution in [0.4, 0.5) is 0 Å². The molecule has 1 aromatic carbocycles. The molecule has 0 atom stereocenters. The fourth-order valence-corrected chi connectivity index (χ4v) is 3.77. The Morgan fingerprint density at radius 3 is 2.79 bits per heavy atom. The molecule has 0 amide bonds. The Balaban J connectivity index is 1.68. The van der Waals surface area contributed by atoms with Crippen LogP contribution in [0.3, 0.4) is 0 Å². The Morgan fingerprint density at radius 2 is 2.00 bits per heavy atom. The third-order valence-corrected chi connectivity index (χ3v) is 5.33. The van der Waals surface area contributed by atoms with Crippen molar-refractivity contribution >= 4 is 52.5 Å². The van der Waals surface area contributed by atoms with E-state index in [0.29, 0.717) is 36.3 Å². The van der Waals surface area contributed by atoms with Crippen LogP contribution in [0, 0.1) is 0 Å². The molecule has 0 aliphatic rings. The Kier molecular flexibility index (Phi) is 5.09. The van der Waals surface area contributed by atoms with Crippen molar-refractivity contribution in [3.8, 4) is 11.3 Å². The maximum Gasteiger partial charge on any atom is 0.266 e.